The number of alkyl halides is 4. The SMILES string of the molecule is CCC(CCBr)NC(=O)COCC(F)(F)F. The molecule has 3 nitrogen and oxygen atoms in total. The summed E-state index contributed by atoms with van der Waals surface area (Å²) >= 11 is 3.23. The molecule has 7 heteroatoms. The van der Waals surface area contributed by atoms with E-state index in [1.807, 2.05) is 6.92 Å². The van der Waals surface area contributed by atoms with Crippen LogP contribution in [0.3, 0.4) is 0 Å². The van der Waals surface area contributed by atoms with E-state index in [0.717, 1.165) is 18.2 Å². The quantitative estimate of drug-likeness (QED) is 0.733. The van der Waals surface area contributed by atoms with Crippen LogP contribution in [0.4, 0.5) is 13.2 Å². The first-order valence-corrected chi connectivity index (χ1v) is 6.01. The monoisotopic (exact) mass is 305 g/mol. The largest absolute Gasteiger partial charge is 0.411 e. The number of ether oxygens (including phenoxy) is 1. The topological polar surface area (TPSA) is 38.3 Å². The molecule has 96 valence electrons. The van der Waals surface area contributed by atoms with Crippen LogP contribution in [0.2, 0.25) is 0 Å². The van der Waals surface area contributed by atoms with Crippen LogP contribution < -0.4 is 5.32 Å². The summed E-state index contributed by atoms with van der Waals surface area (Å²) < 4.78 is 39.3. The molecule has 0 saturated carbocycles. The predicted octanol–water partition coefficient (Wildman–Crippen LogP) is 2.25. The maximum Gasteiger partial charge on any atom is 0.411 e. The molecule has 1 amide bonds. The van der Waals surface area contributed by atoms with Crippen LogP contribution in [-0.4, -0.2) is 36.7 Å². The Labute approximate surface area is 101 Å². The second kappa shape index (κ2) is 7.89. The van der Waals surface area contributed by atoms with Crippen molar-refractivity contribution in [3.63, 3.8) is 0 Å². The van der Waals surface area contributed by atoms with E-state index >= 15 is 0 Å². The molecule has 0 heterocycles. The highest BCUT2D eigenvalue weighted by atomic mass is 79.9. The van der Waals surface area contributed by atoms with Crippen molar-refractivity contribution in [2.45, 2.75) is 32.0 Å². The molecule has 0 spiro atoms. The Kier molecular flexibility index (Phi) is 7.74. The summed E-state index contributed by atoms with van der Waals surface area (Å²) in [4.78, 5) is 11.2. The third-order valence-electron chi connectivity index (χ3n) is 1.81. The van der Waals surface area contributed by atoms with Crippen LogP contribution in [0.5, 0.6) is 0 Å². The lowest BCUT2D eigenvalue weighted by molar-refractivity contribution is -0.175. The molecule has 0 aromatic carbocycles. The van der Waals surface area contributed by atoms with E-state index in [1.54, 1.807) is 0 Å². The van der Waals surface area contributed by atoms with E-state index in [0.29, 0.717) is 0 Å². The van der Waals surface area contributed by atoms with Crippen molar-refractivity contribution in [2.24, 2.45) is 0 Å². The Morgan fingerprint density at radius 3 is 2.56 bits per heavy atom. The van der Waals surface area contributed by atoms with Crippen LogP contribution in [0.1, 0.15) is 19.8 Å². The molecule has 0 aliphatic rings. The van der Waals surface area contributed by atoms with Gasteiger partial charge >= 0.3 is 6.18 Å². The van der Waals surface area contributed by atoms with Gasteiger partial charge in [0.25, 0.3) is 0 Å². The van der Waals surface area contributed by atoms with Crippen molar-refractivity contribution in [1.29, 1.82) is 0 Å². The van der Waals surface area contributed by atoms with Crippen molar-refractivity contribution in [3.8, 4) is 0 Å². The highest BCUT2D eigenvalue weighted by molar-refractivity contribution is 9.09. The average Bonchev–Trinajstić information content (AvgIpc) is 2.15. The fourth-order valence-corrected chi connectivity index (χ4v) is 1.59. The Balaban J connectivity index is 3.72. The summed E-state index contributed by atoms with van der Waals surface area (Å²) in [7, 11) is 0. The van der Waals surface area contributed by atoms with Crippen molar-refractivity contribution < 1.29 is 22.7 Å². The third kappa shape index (κ3) is 8.96. The summed E-state index contributed by atoms with van der Waals surface area (Å²) in [6, 6.07) is -0.0265. The molecule has 0 aromatic heterocycles. The maximum atomic E-state index is 11.7. The Bertz CT molecular complexity index is 211. The minimum atomic E-state index is -4.39. The van der Waals surface area contributed by atoms with Crippen LogP contribution in [-0.2, 0) is 9.53 Å². The van der Waals surface area contributed by atoms with Gasteiger partial charge in [0.2, 0.25) is 5.91 Å². The molecule has 0 aliphatic carbocycles. The van der Waals surface area contributed by atoms with E-state index in [4.69, 9.17) is 0 Å². The van der Waals surface area contributed by atoms with Crippen LogP contribution in [0, 0.1) is 0 Å². The summed E-state index contributed by atoms with van der Waals surface area (Å²) in [5.41, 5.74) is 0. The van der Waals surface area contributed by atoms with Crippen LogP contribution in [0.25, 0.3) is 0 Å². The number of amides is 1. The molecule has 0 bridgehead atoms. The van der Waals surface area contributed by atoms with Crippen molar-refractivity contribution >= 4 is 21.8 Å². The van der Waals surface area contributed by atoms with Gasteiger partial charge in [-0.3, -0.25) is 4.79 Å². The van der Waals surface area contributed by atoms with E-state index in [-0.39, 0.29) is 6.04 Å². The Hall–Kier alpha value is -0.300. The van der Waals surface area contributed by atoms with E-state index in [2.05, 4.69) is 26.0 Å². The van der Waals surface area contributed by atoms with Crippen LogP contribution in [0.15, 0.2) is 0 Å². The lowest BCUT2D eigenvalue weighted by Crippen LogP contribution is -2.37. The minimum absolute atomic E-state index is 0.0265. The number of carbonyl (C=O) groups is 1. The average molecular weight is 306 g/mol. The highest BCUT2D eigenvalue weighted by Gasteiger charge is 2.27. The van der Waals surface area contributed by atoms with Gasteiger partial charge in [0.15, 0.2) is 0 Å². The smallest absolute Gasteiger partial charge is 0.362 e. The van der Waals surface area contributed by atoms with Gasteiger partial charge in [-0.15, -0.1) is 0 Å². The zero-order valence-electron chi connectivity index (χ0n) is 8.94. The van der Waals surface area contributed by atoms with Gasteiger partial charge in [-0.25, -0.2) is 0 Å². The molecule has 1 unspecified atom stereocenters. The van der Waals surface area contributed by atoms with Gasteiger partial charge < -0.3 is 10.1 Å². The second-order valence-corrected chi connectivity index (χ2v) is 4.05. The molecule has 1 N–H and O–H groups in total. The minimum Gasteiger partial charge on any atom is -0.362 e. The van der Waals surface area contributed by atoms with Gasteiger partial charge in [-0.2, -0.15) is 13.2 Å². The molecular formula is C9H15BrF3NO2. The summed E-state index contributed by atoms with van der Waals surface area (Å²) in [6.45, 7) is -0.0574. The molecule has 0 aromatic rings. The molecule has 1 atom stereocenters. The van der Waals surface area contributed by atoms with E-state index in [9.17, 15) is 18.0 Å². The molecule has 0 rings (SSSR count). The fourth-order valence-electron chi connectivity index (χ4n) is 1.04. The van der Waals surface area contributed by atoms with Gasteiger partial charge in [-0.05, 0) is 12.8 Å². The molecule has 0 saturated heterocycles. The first-order valence-electron chi connectivity index (χ1n) is 4.89. The zero-order chi connectivity index (χ0) is 12.6. The number of rotatable bonds is 7. The molecule has 0 radical (unpaired) electrons. The van der Waals surface area contributed by atoms with Crippen molar-refractivity contribution in [2.75, 3.05) is 18.5 Å². The van der Waals surface area contributed by atoms with Gasteiger partial charge in [-0.1, -0.05) is 22.9 Å². The maximum absolute atomic E-state index is 11.7. The zero-order valence-corrected chi connectivity index (χ0v) is 10.5. The van der Waals surface area contributed by atoms with E-state index < -0.39 is 25.3 Å². The van der Waals surface area contributed by atoms with Gasteiger partial charge in [0, 0.05) is 11.4 Å². The number of nitrogens with one attached hydrogen (secondary N) is 1. The van der Waals surface area contributed by atoms with Gasteiger partial charge in [0.1, 0.15) is 13.2 Å². The first-order chi connectivity index (χ1) is 7.39. The normalized spacial score (nSPS) is 13.6. The second-order valence-electron chi connectivity index (χ2n) is 3.26. The molecular weight excluding hydrogens is 291 g/mol. The Morgan fingerprint density at radius 2 is 2.12 bits per heavy atom. The Morgan fingerprint density at radius 1 is 1.50 bits per heavy atom. The number of carbonyl (C=O) groups excluding carboxylic acids is 1. The third-order valence-corrected chi connectivity index (χ3v) is 2.27. The number of hydrogen-bond donors (Lipinski definition) is 1. The fraction of sp³-hybridized carbons (Fsp3) is 0.889. The predicted molar refractivity (Wildman–Crippen MR) is 57.5 cm³/mol. The number of halogens is 4. The molecule has 0 aliphatic heterocycles. The first kappa shape index (κ1) is 15.7. The summed E-state index contributed by atoms with van der Waals surface area (Å²) in [5, 5.41) is 3.32. The highest BCUT2D eigenvalue weighted by Crippen LogP contribution is 2.14. The van der Waals surface area contributed by atoms with Gasteiger partial charge in [0.05, 0.1) is 0 Å². The van der Waals surface area contributed by atoms with Crippen molar-refractivity contribution in [1.82, 2.24) is 5.32 Å². The summed E-state index contributed by atoms with van der Waals surface area (Å²) in [6.07, 6.45) is -2.92. The molecule has 16 heavy (non-hydrogen) atoms. The standard InChI is InChI=1S/C9H15BrF3NO2/c1-2-7(3-4-10)14-8(15)5-16-6-9(11,12)13/h7H,2-6H2,1H3,(H,14,15). The summed E-state index contributed by atoms with van der Waals surface area (Å²) in [5.74, 6) is -0.517. The lowest BCUT2D eigenvalue weighted by atomic mass is 10.2. The lowest BCUT2D eigenvalue weighted by Gasteiger charge is -2.15. The van der Waals surface area contributed by atoms with Crippen molar-refractivity contribution in [3.05, 3.63) is 0 Å². The van der Waals surface area contributed by atoms with E-state index in [1.165, 1.54) is 0 Å². The number of hydrogen-bond acceptors (Lipinski definition) is 2. The molecule has 0 fully saturated rings. The van der Waals surface area contributed by atoms with Crippen LogP contribution >= 0.6 is 15.9 Å².